The van der Waals surface area contributed by atoms with Crippen molar-refractivity contribution in [3.8, 4) is 0 Å². The van der Waals surface area contributed by atoms with Crippen LogP contribution in [-0.2, 0) is 9.59 Å². The summed E-state index contributed by atoms with van der Waals surface area (Å²) in [5.74, 6) is -0.841. The lowest BCUT2D eigenvalue weighted by molar-refractivity contribution is -0.125. The van der Waals surface area contributed by atoms with Gasteiger partial charge in [-0.2, -0.15) is 0 Å². The summed E-state index contributed by atoms with van der Waals surface area (Å²) in [5, 5.41) is 11.3. The van der Waals surface area contributed by atoms with Gasteiger partial charge >= 0.3 is 0 Å². The molecule has 9 heteroatoms. The molecule has 1 aliphatic heterocycles. The van der Waals surface area contributed by atoms with Crippen LogP contribution >= 0.6 is 11.8 Å². The van der Waals surface area contributed by atoms with E-state index in [1.165, 1.54) is 11.8 Å². The maximum atomic E-state index is 12.5. The lowest BCUT2D eigenvalue weighted by Crippen LogP contribution is -2.70. The van der Waals surface area contributed by atoms with E-state index in [0.717, 1.165) is 22.4 Å². The number of amides is 3. The first-order valence-corrected chi connectivity index (χ1v) is 11.0. The number of hydrogen-bond acceptors (Lipinski definition) is 6. The molecular formula is C22H27N5O3S. The van der Waals surface area contributed by atoms with Crippen LogP contribution in [0.4, 0.5) is 5.69 Å². The van der Waals surface area contributed by atoms with E-state index < -0.39 is 23.6 Å². The van der Waals surface area contributed by atoms with E-state index in [1.807, 2.05) is 51.1 Å². The largest absolute Gasteiger partial charge is 0.338 e. The van der Waals surface area contributed by atoms with Crippen LogP contribution in [-0.4, -0.2) is 41.2 Å². The molecule has 164 valence electrons. The van der Waals surface area contributed by atoms with Gasteiger partial charge in [0.2, 0.25) is 11.8 Å². The van der Waals surface area contributed by atoms with E-state index in [2.05, 4.69) is 21.3 Å². The molecule has 3 unspecified atom stereocenters. The first-order chi connectivity index (χ1) is 14.7. The summed E-state index contributed by atoms with van der Waals surface area (Å²) in [7, 11) is 0. The van der Waals surface area contributed by atoms with Crippen LogP contribution in [0, 0.1) is 20.8 Å². The van der Waals surface area contributed by atoms with Crippen molar-refractivity contribution < 1.29 is 14.4 Å². The van der Waals surface area contributed by atoms with Crippen molar-refractivity contribution in [3.05, 3.63) is 64.7 Å². The minimum atomic E-state index is -0.922. The van der Waals surface area contributed by atoms with E-state index in [9.17, 15) is 14.4 Å². The Bertz CT molecular complexity index is 980. The summed E-state index contributed by atoms with van der Waals surface area (Å²) < 4.78 is 0. The Morgan fingerprint density at radius 2 is 1.74 bits per heavy atom. The quantitative estimate of drug-likeness (QED) is 0.461. The van der Waals surface area contributed by atoms with E-state index in [0.29, 0.717) is 5.56 Å². The molecule has 0 spiro atoms. The van der Waals surface area contributed by atoms with Crippen molar-refractivity contribution in [2.75, 3.05) is 11.1 Å². The Hall–Kier alpha value is -2.88. The SMILES string of the molecule is Cc1ccc(C(=O)NC2C(=O)NC(SCC(=O)Nc3cc(C)ccc3C)NC2N)cc1. The van der Waals surface area contributed by atoms with Crippen LogP contribution in [0.25, 0.3) is 0 Å². The molecule has 8 nitrogen and oxygen atoms in total. The first kappa shape index (κ1) is 22.8. The fraction of sp³-hybridized carbons (Fsp3) is 0.318. The van der Waals surface area contributed by atoms with Gasteiger partial charge in [0.1, 0.15) is 11.5 Å². The van der Waals surface area contributed by atoms with Crippen molar-refractivity contribution in [2.24, 2.45) is 5.73 Å². The van der Waals surface area contributed by atoms with Crippen molar-refractivity contribution in [1.29, 1.82) is 0 Å². The highest BCUT2D eigenvalue weighted by Gasteiger charge is 2.35. The normalized spacial score (nSPS) is 20.6. The summed E-state index contributed by atoms with van der Waals surface area (Å²) in [5.41, 5.74) is 9.81. The molecule has 3 rings (SSSR count). The number of thioether (sulfide) groups is 1. The third kappa shape index (κ3) is 6.06. The number of anilines is 1. The van der Waals surface area contributed by atoms with Crippen molar-refractivity contribution in [3.63, 3.8) is 0 Å². The number of carbonyl (C=O) groups is 3. The lowest BCUT2D eigenvalue weighted by Gasteiger charge is -2.35. The highest BCUT2D eigenvalue weighted by atomic mass is 32.2. The van der Waals surface area contributed by atoms with Gasteiger partial charge in [0.25, 0.3) is 5.91 Å². The zero-order valence-corrected chi connectivity index (χ0v) is 18.5. The molecule has 31 heavy (non-hydrogen) atoms. The minimum Gasteiger partial charge on any atom is -0.338 e. The lowest BCUT2D eigenvalue weighted by atomic mass is 10.1. The molecule has 1 saturated heterocycles. The number of nitrogens with two attached hydrogens (primary N) is 1. The fourth-order valence-electron chi connectivity index (χ4n) is 3.09. The highest BCUT2D eigenvalue weighted by Crippen LogP contribution is 2.18. The monoisotopic (exact) mass is 441 g/mol. The molecule has 2 aromatic carbocycles. The molecule has 0 radical (unpaired) electrons. The molecule has 0 saturated carbocycles. The van der Waals surface area contributed by atoms with Gasteiger partial charge in [-0.1, -0.05) is 29.8 Å². The predicted octanol–water partition coefficient (Wildman–Crippen LogP) is 1.37. The van der Waals surface area contributed by atoms with Gasteiger partial charge in [-0.25, -0.2) is 0 Å². The molecule has 3 amide bonds. The van der Waals surface area contributed by atoms with Crippen LogP contribution < -0.4 is 27.0 Å². The second-order valence-corrected chi connectivity index (χ2v) is 8.67. The molecule has 2 aromatic rings. The number of benzene rings is 2. The van der Waals surface area contributed by atoms with Crippen molar-refractivity contribution >= 4 is 35.2 Å². The molecule has 0 bridgehead atoms. The molecule has 1 heterocycles. The van der Waals surface area contributed by atoms with Crippen LogP contribution in [0.15, 0.2) is 42.5 Å². The fourth-order valence-corrected chi connectivity index (χ4v) is 3.93. The molecule has 3 atom stereocenters. The Morgan fingerprint density at radius 1 is 1.06 bits per heavy atom. The second-order valence-electron chi connectivity index (χ2n) is 7.58. The second kappa shape index (κ2) is 9.95. The van der Waals surface area contributed by atoms with Crippen LogP contribution in [0.2, 0.25) is 0 Å². The Morgan fingerprint density at radius 3 is 2.42 bits per heavy atom. The Balaban J connectivity index is 1.50. The topological polar surface area (TPSA) is 125 Å². The van der Waals surface area contributed by atoms with Crippen molar-refractivity contribution in [1.82, 2.24) is 16.0 Å². The summed E-state index contributed by atoms with van der Waals surface area (Å²) in [4.78, 5) is 37.2. The summed E-state index contributed by atoms with van der Waals surface area (Å²) in [6.07, 6.45) is -0.789. The third-order valence-electron chi connectivity index (χ3n) is 4.91. The highest BCUT2D eigenvalue weighted by molar-refractivity contribution is 8.00. The van der Waals surface area contributed by atoms with E-state index in [-0.39, 0.29) is 17.6 Å². The molecule has 6 N–H and O–H groups in total. The third-order valence-corrected chi connectivity index (χ3v) is 5.92. The number of rotatable bonds is 6. The average molecular weight is 442 g/mol. The summed E-state index contributed by atoms with van der Waals surface area (Å²) in [6, 6.07) is 12.0. The van der Waals surface area contributed by atoms with Gasteiger partial charge < -0.3 is 21.7 Å². The molecule has 0 aliphatic carbocycles. The maximum absolute atomic E-state index is 12.5. The van der Waals surface area contributed by atoms with Crippen LogP contribution in [0.1, 0.15) is 27.0 Å². The number of nitrogens with one attached hydrogen (secondary N) is 4. The van der Waals surface area contributed by atoms with Gasteiger partial charge in [-0.3, -0.25) is 19.7 Å². The minimum absolute atomic E-state index is 0.123. The van der Waals surface area contributed by atoms with Crippen molar-refractivity contribution in [2.45, 2.75) is 38.5 Å². The standard InChI is InChI=1S/C22H27N5O3S/c1-12-5-8-15(9-6-12)20(29)25-18-19(23)26-22(27-21(18)30)31-11-17(28)24-16-10-13(2)4-7-14(16)3/h4-10,18-19,22,26H,11,23H2,1-3H3,(H,24,28)(H,25,29)(H,27,30). The van der Waals surface area contributed by atoms with Crippen LogP contribution in [0.3, 0.4) is 0 Å². The summed E-state index contributed by atoms with van der Waals surface area (Å²) in [6.45, 7) is 5.81. The van der Waals surface area contributed by atoms with Gasteiger partial charge in [-0.15, -0.1) is 11.8 Å². The Kier molecular flexibility index (Phi) is 7.32. The zero-order chi connectivity index (χ0) is 22.5. The van der Waals surface area contributed by atoms with E-state index in [1.54, 1.807) is 12.1 Å². The Labute approximate surface area is 185 Å². The van der Waals surface area contributed by atoms with E-state index in [4.69, 9.17) is 5.73 Å². The van der Waals surface area contributed by atoms with Gasteiger partial charge in [0.15, 0.2) is 0 Å². The molecule has 0 aromatic heterocycles. The summed E-state index contributed by atoms with van der Waals surface area (Å²) >= 11 is 1.21. The zero-order valence-electron chi connectivity index (χ0n) is 17.7. The number of aryl methyl sites for hydroxylation is 3. The molecular weight excluding hydrogens is 414 g/mol. The molecule has 1 aliphatic rings. The average Bonchev–Trinajstić information content (AvgIpc) is 2.72. The predicted molar refractivity (Wildman–Crippen MR) is 122 cm³/mol. The first-order valence-electron chi connectivity index (χ1n) is 9.91. The van der Waals surface area contributed by atoms with Gasteiger partial charge in [-0.05, 0) is 50.1 Å². The number of hydrogen-bond donors (Lipinski definition) is 5. The van der Waals surface area contributed by atoms with E-state index >= 15 is 0 Å². The van der Waals surface area contributed by atoms with Gasteiger partial charge in [0.05, 0.1) is 11.9 Å². The number of carbonyl (C=O) groups excluding carboxylic acids is 3. The smallest absolute Gasteiger partial charge is 0.252 e. The maximum Gasteiger partial charge on any atom is 0.252 e. The van der Waals surface area contributed by atoms with Crippen LogP contribution in [0.5, 0.6) is 0 Å². The van der Waals surface area contributed by atoms with Gasteiger partial charge in [0, 0.05) is 11.3 Å². The molecule has 1 fully saturated rings.